The Morgan fingerprint density at radius 1 is 1.42 bits per heavy atom. The lowest BCUT2D eigenvalue weighted by molar-refractivity contribution is 0.0954. The number of hydrogen-bond donors (Lipinski definition) is 2. The minimum absolute atomic E-state index is 0.0788. The SMILES string of the molecule is O=C(NCCc1cccs1)c1csc(C#CCO)c1. The minimum atomic E-state index is -0.166. The maximum Gasteiger partial charge on any atom is 0.252 e. The second-order valence-corrected chi connectivity index (χ2v) is 5.69. The number of hydrogen-bond acceptors (Lipinski definition) is 4. The van der Waals surface area contributed by atoms with Gasteiger partial charge < -0.3 is 10.4 Å². The number of aliphatic hydroxyl groups excluding tert-OH is 1. The first kappa shape index (κ1) is 13.8. The highest BCUT2D eigenvalue weighted by Crippen LogP contribution is 2.13. The van der Waals surface area contributed by atoms with Gasteiger partial charge in [0.15, 0.2) is 0 Å². The fraction of sp³-hybridized carbons (Fsp3) is 0.214. The van der Waals surface area contributed by atoms with Crippen LogP contribution in [0.4, 0.5) is 0 Å². The van der Waals surface area contributed by atoms with E-state index in [-0.39, 0.29) is 12.5 Å². The zero-order valence-corrected chi connectivity index (χ0v) is 11.8. The summed E-state index contributed by atoms with van der Waals surface area (Å²) >= 11 is 3.10. The number of aliphatic hydroxyl groups is 1. The lowest BCUT2D eigenvalue weighted by atomic mass is 10.2. The van der Waals surface area contributed by atoms with Gasteiger partial charge in [-0.05, 0) is 23.9 Å². The van der Waals surface area contributed by atoms with E-state index in [1.165, 1.54) is 16.2 Å². The highest BCUT2D eigenvalue weighted by Gasteiger charge is 2.07. The molecule has 0 aliphatic carbocycles. The molecule has 5 heteroatoms. The number of carbonyl (C=O) groups is 1. The van der Waals surface area contributed by atoms with Crippen LogP contribution in [0.15, 0.2) is 29.0 Å². The Balaban J connectivity index is 1.84. The van der Waals surface area contributed by atoms with E-state index in [0.717, 1.165) is 11.3 Å². The van der Waals surface area contributed by atoms with Crippen molar-refractivity contribution >= 4 is 28.6 Å². The minimum Gasteiger partial charge on any atom is -0.384 e. The van der Waals surface area contributed by atoms with Crippen LogP contribution in [0, 0.1) is 11.8 Å². The molecule has 0 spiro atoms. The van der Waals surface area contributed by atoms with E-state index < -0.39 is 0 Å². The summed E-state index contributed by atoms with van der Waals surface area (Å²) in [5.41, 5.74) is 0.624. The summed E-state index contributed by atoms with van der Waals surface area (Å²) in [4.78, 5) is 13.9. The monoisotopic (exact) mass is 291 g/mol. The predicted molar refractivity (Wildman–Crippen MR) is 78.6 cm³/mol. The van der Waals surface area contributed by atoms with E-state index >= 15 is 0 Å². The van der Waals surface area contributed by atoms with Gasteiger partial charge in [-0.1, -0.05) is 17.9 Å². The Morgan fingerprint density at radius 2 is 2.32 bits per heavy atom. The highest BCUT2D eigenvalue weighted by atomic mass is 32.1. The van der Waals surface area contributed by atoms with Gasteiger partial charge in [0.1, 0.15) is 6.61 Å². The van der Waals surface area contributed by atoms with Crippen LogP contribution in [-0.4, -0.2) is 24.2 Å². The average molecular weight is 291 g/mol. The number of amides is 1. The Labute approximate surface area is 119 Å². The molecule has 19 heavy (non-hydrogen) atoms. The van der Waals surface area contributed by atoms with Crippen LogP contribution in [0.3, 0.4) is 0 Å². The molecule has 0 radical (unpaired) electrons. The molecule has 2 N–H and O–H groups in total. The van der Waals surface area contributed by atoms with Crippen molar-refractivity contribution in [3.05, 3.63) is 44.3 Å². The molecule has 2 aromatic rings. The molecule has 0 aliphatic heterocycles. The summed E-state index contributed by atoms with van der Waals surface area (Å²) in [7, 11) is 0. The Morgan fingerprint density at radius 3 is 3.05 bits per heavy atom. The van der Waals surface area contributed by atoms with Crippen molar-refractivity contribution in [1.29, 1.82) is 0 Å². The van der Waals surface area contributed by atoms with Crippen LogP contribution in [0.25, 0.3) is 0 Å². The van der Waals surface area contributed by atoms with Crippen molar-refractivity contribution < 1.29 is 9.90 Å². The summed E-state index contributed by atoms with van der Waals surface area (Å²) in [6.07, 6.45) is 0.852. The maximum atomic E-state index is 11.9. The molecule has 0 saturated carbocycles. The fourth-order valence-corrected chi connectivity index (χ4v) is 2.97. The zero-order chi connectivity index (χ0) is 13.5. The lowest BCUT2D eigenvalue weighted by Crippen LogP contribution is -2.24. The molecule has 0 atom stereocenters. The third-order valence-electron chi connectivity index (χ3n) is 2.39. The van der Waals surface area contributed by atoms with Gasteiger partial charge in [0.25, 0.3) is 5.91 Å². The number of rotatable bonds is 4. The molecule has 0 unspecified atom stereocenters. The van der Waals surface area contributed by atoms with Crippen LogP contribution in [0.5, 0.6) is 0 Å². The maximum absolute atomic E-state index is 11.9. The summed E-state index contributed by atoms with van der Waals surface area (Å²) in [6, 6.07) is 5.81. The fourth-order valence-electron chi connectivity index (χ4n) is 1.50. The van der Waals surface area contributed by atoms with Crippen LogP contribution < -0.4 is 5.32 Å². The third kappa shape index (κ3) is 4.21. The quantitative estimate of drug-likeness (QED) is 0.848. The van der Waals surface area contributed by atoms with Gasteiger partial charge in [-0.2, -0.15) is 0 Å². The van der Waals surface area contributed by atoms with Gasteiger partial charge in [0.05, 0.1) is 10.4 Å². The second kappa shape index (κ2) is 7.10. The van der Waals surface area contributed by atoms with E-state index in [2.05, 4.69) is 23.2 Å². The molecule has 0 aliphatic rings. The van der Waals surface area contributed by atoms with Crippen molar-refractivity contribution in [2.24, 2.45) is 0 Å². The van der Waals surface area contributed by atoms with E-state index in [1.807, 2.05) is 11.4 Å². The largest absolute Gasteiger partial charge is 0.384 e. The van der Waals surface area contributed by atoms with Crippen LogP contribution >= 0.6 is 22.7 Å². The Kier molecular flexibility index (Phi) is 5.16. The molecule has 0 fully saturated rings. The van der Waals surface area contributed by atoms with Gasteiger partial charge in [0, 0.05) is 16.8 Å². The molecule has 98 valence electrons. The van der Waals surface area contributed by atoms with Crippen LogP contribution in [0.2, 0.25) is 0 Å². The first-order valence-corrected chi connectivity index (χ1v) is 7.54. The standard InChI is InChI=1S/C14H13NO2S2/c16-7-1-3-13-9-11(10-19-13)14(17)15-6-5-12-4-2-8-18-12/h2,4,8-10,16H,5-7H2,(H,15,17). The van der Waals surface area contributed by atoms with Gasteiger partial charge >= 0.3 is 0 Å². The molecule has 0 bridgehead atoms. The van der Waals surface area contributed by atoms with E-state index in [0.29, 0.717) is 12.1 Å². The van der Waals surface area contributed by atoms with Crippen molar-refractivity contribution in [1.82, 2.24) is 5.32 Å². The van der Waals surface area contributed by atoms with Gasteiger partial charge in [-0.25, -0.2) is 0 Å². The smallest absolute Gasteiger partial charge is 0.252 e. The molecule has 2 heterocycles. The first-order valence-electron chi connectivity index (χ1n) is 5.78. The third-order valence-corrected chi connectivity index (χ3v) is 4.17. The van der Waals surface area contributed by atoms with Gasteiger partial charge in [-0.3, -0.25) is 4.79 Å². The predicted octanol–water partition coefficient (Wildman–Crippen LogP) is 2.13. The zero-order valence-electron chi connectivity index (χ0n) is 10.2. The van der Waals surface area contributed by atoms with Gasteiger partial charge in [-0.15, -0.1) is 22.7 Å². The molecule has 2 aromatic heterocycles. The molecule has 0 saturated heterocycles. The van der Waals surface area contributed by atoms with E-state index in [1.54, 1.807) is 22.8 Å². The Hall–Kier alpha value is -1.61. The van der Waals surface area contributed by atoms with E-state index in [4.69, 9.17) is 5.11 Å². The summed E-state index contributed by atoms with van der Waals surface area (Å²) in [5, 5.41) is 15.3. The summed E-state index contributed by atoms with van der Waals surface area (Å²) < 4.78 is 0. The highest BCUT2D eigenvalue weighted by molar-refractivity contribution is 7.10. The normalized spacial score (nSPS) is 9.74. The lowest BCUT2D eigenvalue weighted by Gasteiger charge is -2.01. The van der Waals surface area contributed by atoms with Crippen molar-refractivity contribution in [3.63, 3.8) is 0 Å². The molecule has 0 aromatic carbocycles. The van der Waals surface area contributed by atoms with Crippen molar-refractivity contribution in [2.45, 2.75) is 6.42 Å². The Bertz CT molecular complexity index is 590. The van der Waals surface area contributed by atoms with E-state index in [9.17, 15) is 4.79 Å². The summed E-state index contributed by atoms with van der Waals surface area (Å²) in [5.74, 6) is 5.27. The second-order valence-electron chi connectivity index (χ2n) is 3.74. The molecule has 1 amide bonds. The van der Waals surface area contributed by atoms with Crippen LogP contribution in [-0.2, 0) is 6.42 Å². The number of nitrogens with one attached hydrogen (secondary N) is 1. The topological polar surface area (TPSA) is 49.3 Å². The first-order chi connectivity index (χ1) is 9.29. The van der Waals surface area contributed by atoms with Crippen molar-refractivity contribution in [3.8, 4) is 11.8 Å². The van der Waals surface area contributed by atoms with Crippen molar-refractivity contribution in [2.75, 3.05) is 13.2 Å². The van der Waals surface area contributed by atoms with Gasteiger partial charge in [0.2, 0.25) is 0 Å². The molecular weight excluding hydrogens is 278 g/mol. The molecule has 2 rings (SSSR count). The number of carbonyl (C=O) groups excluding carboxylic acids is 1. The molecular formula is C14H13NO2S2. The average Bonchev–Trinajstić information content (AvgIpc) is 3.07. The van der Waals surface area contributed by atoms with Crippen LogP contribution in [0.1, 0.15) is 20.1 Å². The number of thiophene rings is 2. The molecule has 3 nitrogen and oxygen atoms in total. The summed E-state index contributed by atoms with van der Waals surface area (Å²) in [6.45, 7) is 0.465.